The molecule has 0 amide bonds. The first kappa shape index (κ1) is 15.7. The molecular weight excluding hydrogens is 295 g/mol. The van der Waals surface area contributed by atoms with Crippen LogP contribution in [0, 0.1) is 5.92 Å². The van der Waals surface area contributed by atoms with Crippen LogP contribution in [0.5, 0.6) is 0 Å². The van der Waals surface area contributed by atoms with Gasteiger partial charge in [0.2, 0.25) is 0 Å². The predicted molar refractivity (Wildman–Crippen MR) is 77.6 cm³/mol. The van der Waals surface area contributed by atoms with E-state index in [0.29, 0.717) is 17.1 Å². The SMILES string of the molecule is CC(C)(C)[Si](C)(C)OC1CCOCC1CC[SeH]. The summed E-state index contributed by atoms with van der Waals surface area (Å²) >= 11 is 2.68. The fourth-order valence-corrected chi connectivity index (χ4v) is 4.04. The zero-order valence-corrected chi connectivity index (χ0v) is 14.8. The summed E-state index contributed by atoms with van der Waals surface area (Å²) in [7, 11) is -1.62. The second-order valence-electron chi connectivity index (χ2n) is 6.55. The van der Waals surface area contributed by atoms with Gasteiger partial charge >= 0.3 is 116 Å². The van der Waals surface area contributed by atoms with Crippen LogP contribution in [0.4, 0.5) is 0 Å². The Morgan fingerprint density at radius 2 is 2.00 bits per heavy atom. The summed E-state index contributed by atoms with van der Waals surface area (Å²) < 4.78 is 12.2. The first-order chi connectivity index (χ1) is 7.78. The zero-order chi connectivity index (χ0) is 13.1. The molecule has 1 rings (SSSR count). The summed E-state index contributed by atoms with van der Waals surface area (Å²) in [5.74, 6) is 0.598. The van der Waals surface area contributed by atoms with E-state index in [1.54, 1.807) is 0 Å². The van der Waals surface area contributed by atoms with E-state index in [1.165, 1.54) is 11.7 Å². The number of ether oxygens (including phenoxy) is 1. The van der Waals surface area contributed by atoms with Crippen molar-refractivity contribution in [2.75, 3.05) is 13.2 Å². The van der Waals surface area contributed by atoms with Crippen molar-refractivity contribution in [1.82, 2.24) is 0 Å². The molecule has 4 heteroatoms. The molecule has 0 aromatic carbocycles. The topological polar surface area (TPSA) is 18.5 Å². The van der Waals surface area contributed by atoms with Gasteiger partial charge in [-0.05, 0) is 0 Å². The monoisotopic (exact) mass is 324 g/mol. The number of rotatable bonds is 4. The van der Waals surface area contributed by atoms with Gasteiger partial charge in [-0.15, -0.1) is 0 Å². The zero-order valence-electron chi connectivity index (χ0n) is 12.0. The summed E-state index contributed by atoms with van der Waals surface area (Å²) in [6, 6.07) is 0. The van der Waals surface area contributed by atoms with E-state index in [0.717, 1.165) is 19.6 Å². The van der Waals surface area contributed by atoms with E-state index in [-0.39, 0.29) is 0 Å². The third kappa shape index (κ3) is 4.36. The van der Waals surface area contributed by atoms with Crippen LogP contribution in [0.25, 0.3) is 0 Å². The molecule has 102 valence electrons. The van der Waals surface area contributed by atoms with Gasteiger partial charge in [0.15, 0.2) is 0 Å². The third-order valence-electron chi connectivity index (χ3n) is 4.16. The van der Waals surface area contributed by atoms with Gasteiger partial charge in [-0.1, -0.05) is 0 Å². The van der Waals surface area contributed by atoms with Gasteiger partial charge in [0.05, 0.1) is 0 Å². The Labute approximate surface area is 116 Å². The number of hydrogen-bond donors (Lipinski definition) is 0. The van der Waals surface area contributed by atoms with Gasteiger partial charge in [0.1, 0.15) is 0 Å². The third-order valence-corrected chi connectivity index (χ3v) is 9.20. The molecule has 2 nitrogen and oxygen atoms in total. The van der Waals surface area contributed by atoms with Gasteiger partial charge in [0.25, 0.3) is 0 Å². The first-order valence-corrected chi connectivity index (χ1v) is 10.9. The Hall–Kier alpha value is 0.656. The fourth-order valence-electron chi connectivity index (χ4n) is 1.92. The van der Waals surface area contributed by atoms with Gasteiger partial charge in [-0.3, -0.25) is 0 Å². The average Bonchev–Trinajstić information content (AvgIpc) is 2.19. The summed E-state index contributed by atoms with van der Waals surface area (Å²) in [4.78, 5) is 0. The van der Waals surface area contributed by atoms with Crippen LogP contribution < -0.4 is 0 Å². The molecule has 0 aliphatic carbocycles. The molecule has 1 heterocycles. The van der Waals surface area contributed by atoms with Crippen LogP contribution >= 0.6 is 0 Å². The fraction of sp³-hybridized carbons (Fsp3) is 1.00. The van der Waals surface area contributed by atoms with E-state index >= 15 is 0 Å². The van der Waals surface area contributed by atoms with Crippen LogP contribution in [-0.2, 0) is 9.16 Å². The second kappa shape index (κ2) is 6.20. The van der Waals surface area contributed by atoms with E-state index in [9.17, 15) is 0 Å². The summed E-state index contributed by atoms with van der Waals surface area (Å²) in [6.07, 6.45) is 2.71. The molecule has 0 radical (unpaired) electrons. The molecule has 0 aromatic rings. The molecule has 1 saturated heterocycles. The van der Waals surface area contributed by atoms with Gasteiger partial charge in [-0.2, -0.15) is 0 Å². The van der Waals surface area contributed by atoms with Crippen molar-refractivity contribution < 1.29 is 9.16 Å². The van der Waals surface area contributed by atoms with Crippen molar-refractivity contribution in [2.45, 2.75) is 63.2 Å². The molecule has 1 aliphatic rings. The minimum absolute atomic E-state index is 0.304. The second-order valence-corrected chi connectivity index (χ2v) is 12.2. The van der Waals surface area contributed by atoms with Gasteiger partial charge in [0, 0.05) is 0 Å². The van der Waals surface area contributed by atoms with E-state index in [1.807, 2.05) is 0 Å². The van der Waals surface area contributed by atoms with Crippen LogP contribution in [0.2, 0.25) is 23.5 Å². The van der Waals surface area contributed by atoms with Crippen molar-refractivity contribution in [3.8, 4) is 0 Å². The summed E-state index contributed by atoms with van der Waals surface area (Å²) in [5.41, 5.74) is 0. The number of hydrogen-bond acceptors (Lipinski definition) is 2. The Bertz CT molecular complexity index is 236. The molecular formula is C13H28O2SeSi. The van der Waals surface area contributed by atoms with Crippen LogP contribution in [-0.4, -0.2) is 43.6 Å². The molecule has 0 bridgehead atoms. The van der Waals surface area contributed by atoms with Crippen molar-refractivity contribution in [2.24, 2.45) is 5.92 Å². The van der Waals surface area contributed by atoms with Crippen molar-refractivity contribution in [1.29, 1.82) is 0 Å². The summed E-state index contributed by atoms with van der Waals surface area (Å²) in [5, 5.41) is 1.47. The van der Waals surface area contributed by atoms with Crippen LogP contribution in [0.15, 0.2) is 0 Å². The van der Waals surface area contributed by atoms with Gasteiger partial charge < -0.3 is 0 Å². The molecule has 0 saturated carbocycles. The molecule has 0 N–H and O–H groups in total. The van der Waals surface area contributed by atoms with Crippen LogP contribution in [0.1, 0.15) is 33.6 Å². The van der Waals surface area contributed by atoms with Crippen LogP contribution in [0.3, 0.4) is 0 Å². The van der Waals surface area contributed by atoms with Crippen molar-refractivity contribution in [3.63, 3.8) is 0 Å². The maximum absolute atomic E-state index is 6.56. The summed E-state index contributed by atoms with van der Waals surface area (Å²) in [6.45, 7) is 13.4. The molecule has 2 atom stereocenters. The molecule has 0 spiro atoms. The van der Waals surface area contributed by atoms with E-state index in [4.69, 9.17) is 9.16 Å². The quantitative estimate of drug-likeness (QED) is 0.740. The predicted octanol–water partition coefficient (Wildman–Crippen LogP) is 3.12. The Kier molecular flexibility index (Phi) is 5.73. The standard InChI is InChI=1S/C13H28O2SeSi/c1-13(2,3)17(4,5)15-12-6-8-14-10-11(12)7-9-16/h11-12,16H,6-10H2,1-5H3. The Balaban J connectivity index is 2.64. The molecule has 1 aliphatic heterocycles. The van der Waals surface area contributed by atoms with Crippen molar-refractivity contribution >= 4 is 24.3 Å². The molecule has 2 unspecified atom stereocenters. The van der Waals surface area contributed by atoms with Gasteiger partial charge in [-0.25, -0.2) is 0 Å². The Morgan fingerprint density at radius 1 is 1.35 bits per heavy atom. The average molecular weight is 323 g/mol. The van der Waals surface area contributed by atoms with Crippen molar-refractivity contribution in [3.05, 3.63) is 0 Å². The molecule has 1 fully saturated rings. The minimum atomic E-state index is -1.62. The Morgan fingerprint density at radius 3 is 2.53 bits per heavy atom. The maximum atomic E-state index is 6.56. The van der Waals surface area contributed by atoms with E-state index in [2.05, 4.69) is 49.9 Å². The molecule has 17 heavy (non-hydrogen) atoms. The normalized spacial score (nSPS) is 27.2. The van der Waals surface area contributed by atoms with E-state index < -0.39 is 8.32 Å². The first-order valence-electron chi connectivity index (χ1n) is 6.64. The molecule has 0 aromatic heterocycles.